The number of hydrogen-bond donors (Lipinski definition) is 0. The van der Waals surface area contributed by atoms with Crippen LogP contribution in [0.2, 0.25) is 0 Å². The first-order valence-electron chi connectivity index (χ1n) is 11.8. The van der Waals surface area contributed by atoms with Gasteiger partial charge in [0.05, 0.1) is 38.7 Å². The van der Waals surface area contributed by atoms with Crippen LogP contribution in [0.15, 0.2) is 76.8 Å². The molecule has 1 aliphatic carbocycles. The summed E-state index contributed by atoms with van der Waals surface area (Å²) >= 11 is 1.76. The number of hydrogen-bond acceptors (Lipinski definition) is 5. The molecule has 1 aliphatic rings. The molecule has 1 fully saturated rings. The Balaban J connectivity index is 1.61. The second-order valence-corrected chi connectivity index (χ2v) is 10.9. The summed E-state index contributed by atoms with van der Waals surface area (Å²) in [6.45, 7) is 0. The number of pyridine rings is 1. The van der Waals surface area contributed by atoms with E-state index in [1.54, 1.807) is 36.3 Å². The predicted octanol–water partition coefficient (Wildman–Crippen LogP) is 6.22. The lowest BCUT2D eigenvalue weighted by Crippen LogP contribution is -2.20. The highest BCUT2D eigenvalue weighted by Crippen LogP contribution is 2.35. The number of fused-ring (bicyclic) bond motifs is 1. The summed E-state index contributed by atoms with van der Waals surface area (Å²) in [5, 5.41) is 0. The topological polar surface area (TPSA) is 57.0 Å². The molecule has 0 N–H and O–H groups in total. The zero-order valence-corrected chi connectivity index (χ0v) is 21.0. The zero-order chi connectivity index (χ0) is 23.3. The molecule has 2 aromatic carbocycles. The van der Waals surface area contributed by atoms with E-state index in [1.165, 1.54) is 24.8 Å². The van der Waals surface area contributed by atoms with Crippen molar-refractivity contribution in [2.45, 2.75) is 60.3 Å². The molecule has 1 unspecified atom stereocenters. The Morgan fingerprint density at radius 2 is 1.82 bits per heavy atom. The molecule has 0 aliphatic heterocycles. The third-order valence-electron chi connectivity index (χ3n) is 6.27. The van der Waals surface area contributed by atoms with Crippen molar-refractivity contribution in [2.75, 3.05) is 6.26 Å². The first-order valence-corrected chi connectivity index (χ1v) is 14.3. The van der Waals surface area contributed by atoms with Crippen molar-refractivity contribution in [1.82, 2.24) is 14.5 Å². The highest BCUT2D eigenvalue weighted by atomic mass is 32.2. The summed E-state index contributed by atoms with van der Waals surface area (Å²) < 4.78 is 22.4. The van der Waals surface area contributed by atoms with Gasteiger partial charge in [-0.2, -0.15) is 0 Å². The molecule has 0 bridgehead atoms. The molecule has 1 atom stereocenters. The molecule has 2 heterocycles. The maximum Gasteiger partial charge on any atom is 0.138 e. The summed E-state index contributed by atoms with van der Waals surface area (Å²) in [4.78, 5) is 10.5. The number of nitrogens with zero attached hydrogens (tertiary/aromatic N) is 3. The first kappa shape index (κ1) is 23.1. The van der Waals surface area contributed by atoms with Crippen LogP contribution in [-0.4, -0.2) is 31.1 Å². The largest absolute Gasteiger partial charge is 0.489 e. The number of imidazole rings is 1. The summed E-state index contributed by atoms with van der Waals surface area (Å²) in [5.41, 5.74) is 3.11. The van der Waals surface area contributed by atoms with E-state index in [0.717, 1.165) is 46.9 Å². The van der Waals surface area contributed by atoms with Gasteiger partial charge in [-0.15, -0.1) is 11.8 Å². The Morgan fingerprint density at radius 1 is 1.06 bits per heavy atom. The quantitative estimate of drug-likeness (QED) is 0.293. The number of thioether (sulfide) groups is 1. The van der Waals surface area contributed by atoms with E-state index in [2.05, 4.69) is 46.1 Å². The second kappa shape index (κ2) is 10.7. The van der Waals surface area contributed by atoms with Gasteiger partial charge in [0, 0.05) is 29.8 Å². The molecule has 4 aromatic rings. The Hall–Kier alpha value is -2.64. The van der Waals surface area contributed by atoms with Crippen molar-refractivity contribution in [1.29, 1.82) is 0 Å². The molecule has 0 spiro atoms. The molecule has 5 rings (SSSR count). The van der Waals surface area contributed by atoms with Crippen LogP contribution in [-0.2, 0) is 23.1 Å². The monoisotopic (exact) mass is 491 g/mol. The highest BCUT2D eigenvalue weighted by Gasteiger charge is 2.23. The van der Waals surface area contributed by atoms with E-state index >= 15 is 0 Å². The van der Waals surface area contributed by atoms with E-state index in [9.17, 15) is 4.21 Å². The molecule has 2 aromatic heterocycles. The molecular formula is C27H29N3O2S2. The third kappa shape index (κ3) is 5.05. The SMILES string of the molecule is CSCn1c(Cc2ccccc2)nc2cc(S(=O)c3ccncc3)c(OC3CCCCC3)cc21. The van der Waals surface area contributed by atoms with Crippen LogP contribution in [0.3, 0.4) is 0 Å². The van der Waals surface area contributed by atoms with Gasteiger partial charge < -0.3 is 9.30 Å². The number of rotatable bonds is 8. The average molecular weight is 492 g/mol. The maximum atomic E-state index is 13.6. The fourth-order valence-electron chi connectivity index (χ4n) is 4.56. The van der Waals surface area contributed by atoms with Gasteiger partial charge in [-0.1, -0.05) is 36.8 Å². The van der Waals surface area contributed by atoms with E-state index in [-0.39, 0.29) is 6.10 Å². The molecule has 34 heavy (non-hydrogen) atoms. The molecule has 7 heteroatoms. The normalized spacial score (nSPS) is 15.4. The van der Waals surface area contributed by atoms with Crippen LogP contribution in [0.4, 0.5) is 0 Å². The molecule has 176 valence electrons. The lowest BCUT2D eigenvalue weighted by atomic mass is 9.98. The van der Waals surface area contributed by atoms with Gasteiger partial charge in [-0.05, 0) is 55.7 Å². The Labute approximate surface area is 207 Å². The molecular weight excluding hydrogens is 462 g/mol. The van der Waals surface area contributed by atoms with Crippen molar-refractivity contribution >= 4 is 33.6 Å². The van der Waals surface area contributed by atoms with Crippen LogP contribution in [0.5, 0.6) is 5.75 Å². The van der Waals surface area contributed by atoms with Crippen LogP contribution < -0.4 is 4.74 Å². The van der Waals surface area contributed by atoms with E-state index in [0.29, 0.717) is 10.6 Å². The lowest BCUT2D eigenvalue weighted by Gasteiger charge is -2.24. The standard InChI is InChI=1S/C27H29N3O2S2/c1-33-19-30-24-18-25(32-21-10-6-3-7-11-21)26(34(31)22-12-14-28-15-13-22)17-23(24)29-27(30)16-20-8-4-2-5-9-20/h2,4-5,8-9,12-15,17-18,21H,3,6-7,10-11,16,19H2,1H3. The summed E-state index contributed by atoms with van der Waals surface area (Å²) in [6.07, 6.45) is 12.1. The summed E-state index contributed by atoms with van der Waals surface area (Å²) in [7, 11) is -1.38. The minimum atomic E-state index is -1.38. The van der Waals surface area contributed by atoms with Crippen molar-refractivity contribution in [3.8, 4) is 5.75 Å². The van der Waals surface area contributed by atoms with Gasteiger partial charge in [-0.25, -0.2) is 9.19 Å². The Morgan fingerprint density at radius 3 is 2.56 bits per heavy atom. The highest BCUT2D eigenvalue weighted by molar-refractivity contribution is 7.97. The molecule has 5 nitrogen and oxygen atoms in total. The second-order valence-electron chi connectivity index (χ2n) is 8.65. The van der Waals surface area contributed by atoms with E-state index < -0.39 is 10.8 Å². The maximum absolute atomic E-state index is 13.6. The van der Waals surface area contributed by atoms with Gasteiger partial charge in [0.2, 0.25) is 0 Å². The van der Waals surface area contributed by atoms with Crippen LogP contribution in [0.1, 0.15) is 43.5 Å². The molecule has 0 saturated heterocycles. The first-order chi connectivity index (χ1) is 16.7. The van der Waals surface area contributed by atoms with Crippen molar-refractivity contribution < 1.29 is 8.95 Å². The minimum absolute atomic E-state index is 0.167. The predicted molar refractivity (Wildman–Crippen MR) is 139 cm³/mol. The number of aromatic nitrogens is 3. The van der Waals surface area contributed by atoms with Crippen molar-refractivity contribution in [3.05, 3.63) is 78.4 Å². The molecule has 0 radical (unpaired) electrons. The minimum Gasteiger partial charge on any atom is -0.489 e. The summed E-state index contributed by atoms with van der Waals surface area (Å²) in [6, 6.07) is 18.0. The summed E-state index contributed by atoms with van der Waals surface area (Å²) in [5.74, 6) is 2.52. The van der Waals surface area contributed by atoms with Gasteiger partial charge in [0.15, 0.2) is 0 Å². The van der Waals surface area contributed by atoms with Gasteiger partial charge >= 0.3 is 0 Å². The van der Waals surface area contributed by atoms with Crippen LogP contribution in [0.25, 0.3) is 11.0 Å². The van der Waals surface area contributed by atoms with Gasteiger partial charge in [0.1, 0.15) is 11.6 Å². The average Bonchev–Trinajstić information content (AvgIpc) is 3.21. The Bertz CT molecular complexity index is 1270. The fourth-order valence-corrected chi connectivity index (χ4v) is 6.24. The van der Waals surface area contributed by atoms with Gasteiger partial charge in [0.25, 0.3) is 0 Å². The number of benzene rings is 2. The van der Waals surface area contributed by atoms with E-state index in [1.807, 2.05) is 12.1 Å². The molecule has 1 saturated carbocycles. The number of ether oxygens (including phenoxy) is 1. The van der Waals surface area contributed by atoms with Gasteiger partial charge in [-0.3, -0.25) is 4.98 Å². The molecule has 0 amide bonds. The van der Waals surface area contributed by atoms with Crippen LogP contribution >= 0.6 is 11.8 Å². The third-order valence-corrected chi connectivity index (χ3v) is 8.20. The van der Waals surface area contributed by atoms with Crippen molar-refractivity contribution in [3.63, 3.8) is 0 Å². The zero-order valence-electron chi connectivity index (χ0n) is 19.4. The fraction of sp³-hybridized carbons (Fsp3) is 0.333. The van der Waals surface area contributed by atoms with Crippen LogP contribution in [0, 0.1) is 0 Å². The smallest absolute Gasteiger partial charge is 0.138 e. The van der Waals surface area contributed by atoms with Crippen molar-refractivity contribution in [2.24, 2.45) is 0 Å². The van der Waals surface area contributed by atoms with E-state index in [4.69, 9.17) is 9.72 Å². The lowest BCUT2D eigenvalue weighted by molar-refractivity contribution is 0.151. The Kier molecular flexibility index (Phi) is 7.30.